The van der Waals surface area contributed by atoms with E-state index < -0.39 is 11.5 Å². The minimum Gasteiger partial charge on any atom is -0.430 e. The van der Waals surface area contributed by atoms with Crippen molar-refractivity contribution < 1.29 is 9.21 Å². The highest BCUT2D eigenvalue weighted by Crippen LogP contribution is 2.19. The molecule has 0 saturated heterocycles. The van der Waals surface area contributed by atoms with Crippen molar-refractivity contribution in [1.29, 1.82) is 0 Å². The third-order valence-corrected chi connectivity index (χ3v) is 2.31. The molecule has 1 N–H and O–H groups in total. The summed E-state index contributed by atoms with van der Waals surface area (Å²) in [6.07, 6.45) is 4.03. The smallest absolute Gasteiger partial charge is 0.335 e. The van der Waals surface area contributed by atoms with E-state index in [1.807, 2.05) is 0 Å². The van der Waals surface area contributed by atoms with Crippen molar-refractivity contribution >= 4 is 23.2 Å². The fourth-order valence-corrected chi connectivity index (χ4v) is 1.30. The number of hydrogen-bond acceptors (Lipinski definition) is 4. The van der Waals surface area contributed by atoms with Crippen LogP contribution in [0.1, 0.15) is 10.4 Å². The third-order valence-electron chi connectivity index (χ3n) is 1.98. The van der Waals surface area contributed by atoms with Crippen molar-refractivity contribution in [3.05, 3.63) is 57.9 Å². The van der Waals surface area contributed by atoms with Crippen molar-refractivity contribution in [2.75, 3.05) is 5.32 Å². The number of nitrogens with zero attached hydrogens (tertiary/aromatic N) is 1. The lowest BCUT2D eigenvalue weighted by Crippen LogP contribution is -2.13. The number of carbonyl (C=O) groups is 1. The van der Waals surface area contributed by atoms with Crippen LogP contribution in [0, 0.1) is 0 Å². The molecule has 2 aromatic rings. The summed E-state index contributed by atoms with van der Waals surface area (Å²) >= 11 is 5.85. The topological polar surface area (TPSA) is 72.2 Å². The van der Waals surface area contributed by atoms with Crippen LogP contribution in [0.3, 0.4) is 0 Å². The highest BCUT2D eigenvalue weighted by molar-refractivity contribution is 6.33. The van der Waals surface area contributed by atoms with Gasteiger partial charge >= 0.3 is 5.63 Å². The number of carbonyl (C=O) groups excluding carboxylic acids is 1. The molecule has 86 valence electrons. The molecule has 2 rings (SSSR count). The van der Waals surface area contributed by atoms with E-state index in [0.29, 0.717) is 10.7 Å². The van der Waals surface area contributed by atoms with E-state index in [-0.39, 0.29) is 5.56 Å². The van der Waals surface area contributed by atoms with Crippen molar-refractivity contribution in [3.8, 4) is 0 Å². The van der Waals surface area contributed by atoms with E-state index in [2.05, 4.69) is 14.7 Å². The van der Waals surface area contributed by atoms with Gasteiger partial charge in [0.05, 0.1) is 22.5 Å². The van der Waals surface area contributed by atoms with Crippen molar-refractivity contribution in [3.63, 3.8) is 0 Å². The molecule has 0 aliphatic heterocycles. The maximum atomic E-state index is 11.7. The first kappa shape index (κ1) is 11.3. The molecule has 6 heteroatoms. The molecule has 0 saturated carbocycles. The third kappa shape index (κ3) is 2.70. The van der Waals surface area contributed by atoms with Gasteiger partial charge in [0.2, 0.25) is 0 Å². The van der Waals surface area contributed by atoms with Crippen LogP contribution >= 0.6 is 11.6 Å². The molecule has 0 bridgehead atoms. The Hall–Kier alpha value is -2.14. The Morgan fingerprint density at radius 1 is 1.35 bits per heavy atom. The normalized spacial score (nSPS) is 9.94. The molecule has 0 aliphatic rings. The number of rotatable bonds is 2. The Bertz CT molecular complexity index is 589. The van der Waals surface area contributed by atoms with Crippen LogP contribution in [0.4, 0.5) is 5.69 Å². The van der Waals surface area contributed by atoms with Gasteiger partial charge in [-0.1, -0.05) is 11.6 Å². The molecule has 2 aromatic heterocycles. The van der Waals surface area contributed by atoms with Crippen LogP contribution in [0.5, 0.6) is 0 Å². The number of anilines is 1. The summed E-state index contributed by atoms with van der Waals surface area (Å²) in [6.45, 7) is 0. The van der Waals surface area contributed by atoms with E-state index in [0.717, 1.165) is 6.26 Å². The number of nitrogens with one attached hydrogen (secondary N) is 1. The zero-order chi connectivity index (χ0) is 12.3. The first-order valence-corrected chi connectivity index (χ1v) is 5.04. The minimum atomic E-state index is -0.513. The maximum Gasteiger partial charge on any atom is 0.335 e. The summed E-state index contributed by atoms with van der Waals surface area (Å²) in [6, 6.07) is 4.09. The number of hydrogen-bond donors (Lipinski definition) is 1. The summed E-state index contributed by atoms with van der Waals surface area (Å²) < 4.78 is 4.58. The standard InChI is InChI=1S/C11H7ClN2O3/c12-8-3-4-13-5-9(8)14-11(16)7-1-2-10(15)17-6-7/h1-6H,(H,14,16). The Labute approximate surface area is 101 Å². The van der Waals surface area contributed by atoms with Gasteiger partial charge in [0.15, 0.2) is 0 Å². The average Bonchev–Trinajstić information content (AvgIpc) is 2.33. The summed E-state index contributed by atoms with van der Waals surface area (Å²) in [5.41, 5.74) is 0.107. The molecule has 0 unspecified atom stereocenters. The first-order valence-electron chi connectivity index (χ1n) is 4.66. The fourth-order valence-electron chi connectivity index (χ4n) is 1.15. The number of aromatic nitrogens is 1. The molecular formula is C11H7ClN2O3. The zero-order valence-electron chi connectivity index (χ0n) is 8.51. The van der Waals surface area contributed by atoms with Crippen LogP contribution < -0.4 is 10.9 Å². The van der Waals surface area contributed by atoms with Gasteiger partial charge in [-0.25, -0.2) is 4.79 Å². The van der Waals surface area contributed by atoms with Crippen LogP contribution in [0.25, 0.3) is 0 Å². The SMILES string of the molecule is O=C(Nc1cnccc1Cl)c1ccc(=O)oc1. The Kier molecular flexibility index (Phi) is 3.20. The van der Waals surface area contributed by atoms with Gasteiger partial charge in [-0.2, -0.15) is 0 Å². The van der Waals surface area contributed by atoms with Gasteiger partial charge in [0.1, 0.15) is 6.26 Å². The van der Waals surface area contributed by atoms with Crippen LogP contribution in [0.2, 0.25) is 5.02 Å². The molecular weight excluding hydrogens is 244 g/mol. The van der Waals surface area contributed by atoms with E-state index in [1.165, 1.54) is 24.5 Å². The molecule has 0 spiro atoms. The largest absolute Gasteiger partial charge is 0.430 e. The van der Waals surface area contributed by atoms with Crippen molar-refractivity contribution in [2.45, 2.75) is 0 Å². The maximum absolute atomic E-state index is 11.7. The van der Waals surface area contributed by atoms with Crippen molar-refractivity contribution in [1.82, 2.24) is 4.98 Å². The molecule has 0 atom stereocenters. The zero-order valence-corrected chi connectivity index (χ0v) is 9.27. The van der Waals surface area contributed by atoms with Crippen molar-refractivity contribution in [2.24, 2.45) is 0 Å². The average molecular weight is 251 g/mol. The first-order chi connectivity index (χ1) is 8.16. The fraction of sp³-hybridized carbons (Fsp3) is 0. The lowest BCUT2D eigenvalue weighted by Gasteiger charge is -2.05. The van der Waals surface area contributed by atoms with Gasteiger partial charge < -0.3 is 9.73 Å². The molecule has 0 aromatic carbocycles. The van der Waals surface area contributed by atoms with Crippen LogP contribution in [-0.2, 0) is 0 Å². The molecule has 2 heterocycles. The van der Waals surface area contributed by atoms with E-state index in [4.69, 9.17) is 11.6 Å². The Morgan fingerprint density at radius 3 is 2.82 bits per heavy atom. The summed E-state index contributed by atoms with van der Waals surface area (Å²) in [5.74, 6) is -0.427. The van der Waals surface area contributed by atoms with Gasteiger partial charge in [-0.3, -0.25) is 9.78 Å². The minimum absolute atomic E-state index is 0.226. The highest BCUT2D eigenvalue weighted by Gasteiger charge is 2.08. The second-order valence-corrected chi connectivity index (χ2v) is 3.56. The number of halogens is 1. The quantitative estimate of drug-likeness (QED) is 0.884. The van der Waals surface area contributed by atoms with E-state index >= 15 is 0 Å². The summed E-state index contributed by atoms with van der Waals surface area (Å²) in [7, 11) is 0. The molecule has 1 amide bonds. The monoisotopic (exact) mass is 250 g/mol. The number of pyridine rings is 1. The lowest BCUT2D eigenvalue weighted by molar-refractivity contribution is 0.102. The van der Waals surface area contributed by atoms with Gasteiger partial charge in [0, 0.05) is 12.3 Å². The molecule has 17 heavy (non-hydrogen) atoms. The molecule has 0 fully saturated rings. The van der Waals surface area contributed by atoms with Gasteiger partial charge in [0.25, 0.3) is 5.91 Å². The second-order valence-electron chi connectivity index (χ2n) is 3.15. The predicted octanol–water partition coefficient (Wildman–Crippen LogP) is 1.94. The molecule has 5 nitrogen and oxygen atoms in total. The highest BCUT2D eigenvalue weighted by atomic mass is 35.5. The second kappa shape index (κ2) is 4.80. The lowest BCUT2D eigenvalue weighted by atomic mass is 10.3. The van der Waals surface area contributed by atoms with Gasteiger partial charge in [-0.15, -0.1) is 0 Å². The number of amides is 1. The summed E-state index contributed by atoms with van der Waals surface area (Å²) in [4.78, 5) is 26.3. The van der Waals surface area contributed by atoms with E-state index in [1.54, 1.807) is 6.07 Å². The Morgan fingerprint density at radius 2 is 2.18 bits per heavy atom. The Balaban J connectivity index is 2.20. The molecule has 0 radical (unpaired) electrons. The summed E-state index contributed by atoms with van der Waals surface area (Å²) in [5, 5.41) is 2.93. The predicted molar refractivity (Wildman–Crippen MR) is 62.2 cm³/mol. The van der Waals surface area contributed by atoms with Gasteiger partial charge in [-0.05, 0) is 12.1 Å². The van der Waals surface area contributed by atoms with Crippen LogP contribution in [0.15, 0.2) is 46.1 Å². The van der Waals surface area contributed by atoms with Crippen LogP contribution in [-0.4, -0.2) is 10.9 Å². The van der Waals surface area contributed by atoms with E-state index in [9.17, 15) is 9.59 Å². The molecule has 0 aliphatic carbocycles.